The van der Waals surface area contributed by atoms with E-state index in [1.54, 1.807) is 0 Å². The highest BCUT2D eigenvalue weighted by Crippen LogP contribution is 2.34. The first-order valence-electron chi connectivity index (χ1n) is 11.2. The fourth-order valence-corrected chi connectivity index (χ4v) is 4.99. The quantitative estimate of drug-likeness (QED) is 0.397. The number of anilines is 3. The third-order valence-corrected chi connectivity index (χ3v) is 6.94. The maximum Gasteiger partial charge on any atom is 0.245 e. The molecule has 1 fully saturated rings. The van der Waals surface area contributed by atoms with Gasteiger partial charge in [0.2, 0.25) is 11.3 Å². The minimum atomic E-state index is 0.386. The Bertz CT molecular complexity index is 1200. The Morgan fingerprint density at radius 1 is 1.00 bits per heavy atom. The van der Waals surface area contributed by atoms with Crippen molar-refractivity contribution in [3.05, 3.63) is 54.1 Å². The smallest absolute Gasteiger partial charge is 0.245 e. The lowest BCUT2D eigenvalue weighted by molar-refractivity contribution is 0.314. The predicted molar refractivity (Wildman–Crippen MR) is 131 cm³/mol. The van der Waals surface area contributed by atoms with Crippen molar-refractivity contribution in [2.24, 2.45) is 0 Å². The van der Waals surface area contributed by atoms with E-state index in [2.05, 4.69) is 56.7 Å². The number of fused-ring (bicyclic) bond motifs is 1. The lowest BCUT2D eigenvalue weighted by Crippen LogP contribution is -2.36. The van der Waals surface area contributed by atoms with Crippen LogP contribution in [0.4, 0.5) is 17.3 Å². The van der Waals surface area contributed by atoms with Crippen LogP contribution in [0.3, 0.4) is 0 Å². The van der Waals surface area contributed by atoms with Crippen molar-refractivity contribution in [1.82, 2.24) is 20.3 Å². The Morgan fingerprint density at radius 3 is 2.39 bits per heavy atom. The van der Waals surface area contributed by atoms with Crippen molar-refractivity contribution in [2.45, 2.75) is 36.8 Å². The van der Waals surface area contributed by atoms with E-state index in [9.17, 15) is 0 Å². The second kappa shape index (κ2) is 9.66. The molecule has 0 atom stereocenters. The molecule has 0 saturated carbocycles. The maximum absolute atomic E-state index is 5.54. The van der Waals surface area contributed by atoms with Crippen molar-refractivity contribution >= 4 is 40.4 Å². The summed E-state index contributed by atoms with van der Waals surface area (Å²) in [7, 11) is 0. The molecule has 8 nitrogen and oxygen atoms in total. The summed E-state index contributed by atoms with van der Waals surface area (Å²) in [5.74, 6) is 2.25. The standard InChI is InChI=1S/C24H26N6O2S/c1-3-31-18-8-6-17(7-9-18)25-23-24(27-22-21(26-23)28-32-29-22)30-14-12-20(13-15-30)33-19-10-4-16(2)5-11-19/h4-11,20H,3,12-15H2,1-2H3,(H,25,26,28). The fraction of sp³-hybridized carbons (Fsp3) is 0.333. The van der Waals surface area contributed by atoms with Gasteiger partial charge in [-0.1, -0.05) is 17.7 Å². The first-order valence-corrected chi connectivity index (χ1v) is 12.0. The molecule has 1 aliphatic rings. The Labute approximate surface area is 196 Å². The number of benzene rings is 2. The van der Waals surface area contributed by atoms with E-state index in [-0.39, 0.29) is 0 Å². The Kier molecular flexibility index (Phi) is 6.30. The van der Waals surface area contributed by atoms with Gasteiger partial charge in [-0.05, 0) is 73.4 Å². The largest absolute Gasteiger partial charge is 0.494 e. The molecule has 4 aromatic rings. The van der Waals surface area contributed by atoms with Crippen LogP contribution in [0.15, 0.2) is 58.1 Å². The summed E-state index contributed by atoms with van der Waals surface area (Å²) in [6.07, 6.45) is 2.13. The van der Waals surface area contributed by atoms with Gasteiger partial charge < -0.3 is 15.0 Å². The van der Waals surface area contributed by atoms with Gasteiger partial charge >= 0.3 is 0 Å². The summed E-state index contributed by atoms with van der Waals surface area (Å²) in [5.41, 5.74) is 2.99. The highest BCUT2D eigenvalue weighted by Gasteiger charge is 2.25. The molecule has 0 radical (unpaired) electrons. The number of piperidine rings is 1. The first kappa shape index (κ1) is 21.5. The van der Waals surface area contributed by atoms with Crippen molar-refractivity contribution in [3.63, 3.8) is 0 Å². The van der Waals surface area contributed by atoms with E-state index in [1.165, 1.54) is 10.5 Å². The molecule has 0 bridgehead atoms. The third kappa shape index (κ3) is 5.03. The van der Waals surface area contributed by atoms with Crippen LogP contribution in [-0.2, 0) is 0 Å². The zero-order valence-corrected chi connectivity index (χ0v) is 19.5. The molecule has 1 saturated heterocycles. The molecule has 0 amide bonds. The second-order valence-electron chi connectivity index (χ2n) is 8.01. The molecule has 2 aromatic carbocycles. The number of ether oxygens (including phenoxy) is 1. The summed E-state index contributed by atoms with van der Waals surface area (Å²) in [6.45, 7) is 6.52. The van der Waals surface area contributed by atoms with Gasteiger partial charge in [-0.25, -0.2) is 14.6 Å². The van der Waals surface area contributed by atoms with Gasteiger partial charge in [0.15, 0.2) is 11.6 Å². The van der Waals surface area contributed by atoms with E-state index < -0.39 is 0 Å². The van der Waals surface area contributed by atoms with Gasteiger partial charge in [0.05, 0.1) is 6.61 Å². The Morgan fingerprint density at radius 2 is 1.70 bits per heavy atom. The summed E-state index contributed by atoms with van der Waals surface area (Å²) in [6, 6.07) is 16.6. The van der Waals surface area contributed by atoms with Gasteiger partial charge in [-0.3, -0.25) is 0 Å². The highest BCUT2D eigenvalue weighted by molar-refractivity contribution is 8.00. The van der Waals surface area contributed by atoms with E-state index in [4.69, 9.17) is 14.3 Å². The molecule has 9 heteroatoms. The van der Waals surface area contributed by atoms with Crippen LogP contribution in [-0.4, -0.2) is 45.2 Å². The van der Waals surface area contributed by atoms with Crippen molar-refractivity contribution in [1.29, 1.82) is 0 Å². The van der Waals surface area contributed by atoms with Gasteiger partial charge in [-0.2, -0.15) is 0 Å². The lowest BCUT2D eigenvalue weighted by Gasteiger charge is -2.33. The van der Waals surface area contributed by atoms with E-state index in [1.807, 2.05) is 43.0 Å². The molecular formula is C24H26N6O2S. The molecule has 5 rings (SSSR count). The van der Waals surface area contributed by atoms with Crippen LogP contribution >= 0.6 is 11.8 Å². The zero-order chi connectivity index (χ0) is 22.6. The number of hydrogen-bond donors (Lipinski definition) is 1. The van der Waals surface area contributed by atoms with E-state index in [0.717, 1.165) is 43.2 Å². The second-order valence-corrected chi connectivity index (χ2v) is 9.38. The number of aryl methyl sites for hydroxylation is 1. The SMILES string of the molecule is CCOc1ccc(Nc2nc3nonc3nc2N2CCC(Sc3ccc(C)cc3)CC2)cc1. The number of aromatic nitrogens is 4. The van der Waals surface area contributed by atoms with Crippen molar-refractivity contribution < 1.29 is 9.37 Å². The maximum atomic E-state index is 5.54. The van der Waals surface area contributed by atoms with Crippen molar-refractivity contribution in [3.8, 4) is 5.75 Å². The van der Waals surface area contributed by atoms with Crippen molar-refractivity contribution in [2.75, 3.05) is 29.9 Å². The molecule has 1 aliphatic heterocycles. The summed E-state index contributed by atoms with van der Waals surface area (Å²) in [5, 5.41) is 11.7. The van der Waals surface area contributed by atoms with Gasteiger partial charge in [0.25, 0.3) is 0 Å². The normalized spacial score (nSPS) is 14.5. The summed E-state index contributed by atoms with van der Waals surface area (Å²) >= 11 is 1.96. The number of thioether (sulfide) groups is 1. The molecule has 1 N–H and O–H groups in total. The number of hydrogen-bond acceptors (Lipinski definition) is 9. The molecule has 33 heavy (non-hydrogen) atoms. The molecule has 0 spiro atoms. The number of nitrogens with one attached hydrogen (secondary N) is 1. The summed E-state index contributed by atoms with van der Waals surface area (Å²) in [4.78, 5) is 13.0. The molecule has 3 heterocycles. The van der Waals surface area contributed by atoms with Crippen LogP contribution in [0.25, 0.3) is 11.3 Å². The Balaban J connectivity index is 1.32. The first-order chi connectivity index (χ1) is 16.2. The Hall–Kier alpha value is -3.33. The van der Waals surface area contributed by atoms with Crippen LogP contribution in [0.2, 0.25) is 0 Å². The number of rotatable bonds is 7. The number of nitrogens with zero attached hydrogens (tertiary/aromatic N) is 5. The van der Waals surface area contributed by atoms with Gasteiger partial charge in [0.1, 0.15) is 5.75 Å². The lowest BCUT2D eigenvalue weighted by atomic mass is 10.1. The third-order valence-electron chi connectivity index (χ3n) is 5.59. The predicted octanol–water partition coefficient (Wildman–Crippen LogP) is 5.22. The van der Waals surface area contributed by atoms with Crippen LogP contribution in [0.5, 0.6) is 5.75 Å². The van der Waals surface area contributed by atoms with Gasteiger partial charge in [0, 0.05) is 28.9 Å². The van der Waals surface area contributed by atoms with Gasteiger partial charge in [-0.15, -0.1) is 11.8 Å². The highest BCUT2D eigenvalue weighted by atomic mass is 32.2. The van der Waals surface area contributed by atoms with Crippen LogP contribution < -0.4 is 15.0 Å². The molecule has 0 aliphatic carbocycles. The monoisotopic (exact) mass is 462 g/mol. The average Bonchev–Trinajstić information content (AvgIpc) is 3.30. The van der Waals surface area contributed by atoms with E-state index >= 15 is 0 Å². The van der Waals surface area contributed by atoms with E-state index in [0.29, 0.717) is 29.0 Å². The molecule has 170 valence electrons. The average molecular weight is 463 g/mol. The summed E-state index contributed by atoms with van der Waals surface area (Å²) < 4.78 is 10.4. The molecule has 0 unspecified atom stereocenters. The minimum Gasteiger partial charge on any atom is -0.494 e. The molecule has 2 aromatic heterocycles. The van der Waals surface area contributed by atoms with Crippen LogP contribution in [0, 0.1) is 6.92 Å². The minimum absolute atomic E-state index is 0.386. The molecular weight excluding hydrogens is 436 g/mol. The van der Waals surface area contributed by atoms with Crippen LogP contribution in [0.1, 0.15) is 25.3 Å². The fourth-order valence-electron chi connectivity index (χ4n) is 3.87. The topological polar surface area (TPSA) is 89.2 Å². The zero-order valence-electron chi connectivity index (χ0n) is 18.7.